The molecule has 3 heterocycles. The maximum absolute atomic E-state index is 13.7. The van der Waals surface area contributed by atoms with Crippen molar-refractivity contribution in [3.05, 3.63) is 137 Å². The fraction of sp³-hybridized carbons (Fsp3) is 0.129. The Morgan fingerprint density at radius 3 is 2.44 bits per heavy atom. The second-order valence-electron chi connectivity index (χ2n) is 9.91. The zero-order chi connectivity index (χ0) is 28.3. The van der Waals surface area contributed by atoms with E-state index in [1.54, 1.807) is 23.0 Å². The molecule has 9 nitrogen and oxygen atoms in total. The molecule has 3 aromatic heterocycles. The molecule has 0 saturated heterocycles. The van der Waals surface area contributed by atoms with Crippen LogP contribution in [0.25, 0.3) is 27.9 Å². The van der Waals surface area contributed by atoms with Crippen molar-refractivity contribution in [1.82, 2.24) is 30.0 Å². The van der Waals surface area contributed by atoms with Gasteiger partial charge in [0.2, 0.25) is 5.69 Å². The van der Waals surface area contributed by atoms with Crippen LogP contribution < -0.4 is 10.5 Å². The van der Waals surface area contributed by atoms with E-state index in [9.17, 15) is 5.21 Å². The van der Waals surface area contributed by atoms with Gasteiger partial charge in [0.1, 0.15) is 12.4 Å². The first-order valence-electron chi connectivity index (χ1n) is 13.2. The molecule has 204 valence electrons. The molecular weight excluding hydrogens is 536 g/mol. The molecule has 6 aromatic rings. The molecule has 0 amide bonds. The number of rotatable bonds is 8. The van der Waals surface area contributed by atoms with Crippen LogP contribution in [0, 0.1) is 5.21 Å². The van der Waals surface area contributed by atoms with Crippen LogP contribution >= 0.6 is 11.6 Å². The minimum absolute atomic E-state index is 0.0339. The normalized spacial score (nSPS) is 12.8. The van der Waals surface area contributed by atoms with Gasteiger partial charge < -0.3 is 10.9 Å². The number of tetrazole rings is 1. The van der Waals surface area contributed by atoms with Crippen molar-refractivity contribution in [2.24, 2.45) is 5.73 Å². The smallest absolute Gasteiger partial charge is 0.217 e. The molecule has 0 aliphatic carbocycles. The molecule has 2 atom stereocenters. The largest absolute Gasteiger partial charge is 0.618 e. The van der Waals surface area contributed by atoms with E-state index in [2.05, 4.69) is 27.7 Å². The Balaban J connectivity index is 1.39. The van der Waals surface area contributed by atoms with E-state index in [1.807, 2.05) is 84.7 Å². The number of hydrogen-bond acceptors (Lipinski definition) is 6. The number of halogens is 1. The van der Waals surface area contributed by atoms with E-state index in [-0.39, 0.29) is 12.1 Å². The van der Waals surface area contributed by atoms with Crippen molar-refractivity contribution in [2.75, 3.05) is 0 Å². The lowest BCUT2D eigenvalue weighted by atomic mass is 10.0. The van der Waals surface area contributed by atoms with E-state index in [4.69, 9.17) is 22.4 Å². The van der Waals surface area contributed by atoms with Crippen LogP contribution in [0.3, 0.4) is 0 Å². The topological polar surface area (TPSA) is 114 Å². The summed E-state index contributed by atoms with van der Waals surface area (Å²) in [6.45, 7) is 1.96. The average Bonchev–Trinajstić information content (AvgIpc) is 3.70. The van der Waals surface area contributed by atoms with Crippen LogP contribution in [0.2, 0.25) is 5.02 Å². The summed E-state index contributed by atoms with van der Waals surface area (Å²) in [6, 6.07) is 27.0. The van der Waals surface area contributed by atoms with Gasteiger partial charge in [-0.2, -0.15) is 14.5 Å². The van der Waals surface area contributed by atoms with Crippen molar-refractivity contribution >= 4 is 11.6 Å². The van der Waals surface area contributed by atoms with Gasteiger partial charge in [0.05, 0.1) is 11.9 Å². The van der Waals surface area contributed by atoms with Gasteiger partial charge in [-0.15, -0.1) is 5.10 Å². The predicted octanol–water partition coefficient (Wildman–Crippen LogP) is 5.33. The second-order valence-corrected chi connectivity index (χ2v) is 10.3. The van der Waals surface area contributed by atoms with Crippen LogP contribution in [-0.4, -0.2) is 30.0 Å². The summed E-state index contributed by atoms with van der Waals surface area (Å²) in [6.07, 6.45) is 7.45. The highest BCUT2D eigenvalue weighted by molar-refractivity contribution is 6.31. The summed E-state index contributed by atoms with van der Waals surface area (Å²) in [5.74, 6) is 0. The first-order valence-corrected chi connectivity index (χ1v) is 13.5. The molecule has 10 heteroatoms. The summed E-state index contributed by atoms with van der Waals surface area (Å²) in [7, 11) is 0. The quantitative estimate of drug-likeness (QED) is 0.198. The van der Waals surface area contributed by atoms with Crippen LogP contribution in [0.1, 0.15) is 35.8 Å². The molecule has 0 bridgehead atoms. The van der Waals surface area contributed by atoms with Gasteiger partial charge in [-0.05, 0) is 58.3 Å². The van der Waals surface area contributed by atoms with Crippen molar-refractivity contribution in [1.29, 1.82) is 0 Å². The van der Waals surface area contributed by atoms with E-state index in [1.165, 1.54) is 6.33 Å². The molecular formula is C31H27ClN8O. The zero-order valence-electron chi connectivity index (χ0n) is 22.2. The van der Waals surface area contributed by atoms with Crippen LogP contribution in [0.5, 0.6) is 0 Å². The SMILES string of the molecule is CC(N)c1ccc(-c2cnn(C(Cc3ccccc3)c3ccc(-c4cc(Cl)ccc4-n4cnnn4)c[n+]3[O-])c2)cc1. The minimum atomic E-state index is -0.348. The average molecular weight is 563 g/mol. The first-order chi connectivity index (χ1) is 20.0. The van der Waals surface area contributed by atoms with Crippen molar-refractivity contribution < 1.29 is 4.73 Å². The lowest BCUT2D eigenvalue weighted by molar-refractivity contribution is -0.615. The summed E-state index contributed by atoms with van der Waals surface area (Å²) in [5, 5.41) is 30.4. The number of aromatic nitrogens is 7. The Bertz CT molecular complexity index is 1770. The molecule has 2 N–H and O–H groups in total. The third-order valence-corrected chi connectivity index (χ3v) is 7.35. The standard InChI is InChI=1S/C31H27ClN8O/c1-21(33)23-7-9-24(10-8-23)26-17-35-38(18-26)31(15-22-5-3-2-4-6-22)30-13-11-25(19-40(30)41)28-16-27(32)12-14-29(28)39-20-34-36-37-39/h2-14,16-21,31H,15,33H2,1H3. The number of hydrogen-bond donors (Lipinski definition) is 1. The highest BCUT2D eigenvalue weighted by Crippen LogP contribution is 2.31. The van der Waals surface area contributed by atoms with E-state index in [0.717, 1.165) is 32.5 Å². The van der Waals surface area contributed by atoms with Crippen molar-refractivity contribution in [3.63, 3.8) is 0 Å². The molecule has 0 radical (unpaired) electrons. The Labute approximate surface area is 242 Å². The van der Waals surface area contributed by atoms with Gasteiger partial charge in [0, 0.05) is 46.4 Å². The minimum Gasteiger partial charge on any atom is -0.618 e. The maximum Gasteiger partial charge on any atom is 0.217 e. The Morgan fingerprint density at radius 1 is 0.951 bits per heavy atom. The third kappa shape index (κ3) is 5.58. The van der Waals surface area contributed by atoms with Crippen LogP contribution in [0.15, 0.2) is 110 Å². The Hall–Kier alpha value is -4.86. The molecule has 6 rings (SSSR count). The summed E-state index contributed by atoms with van der Waals surface area (Å²) in [5.41, 5.74) is 12.9. The lowest BCUT2D eigenvalue weighted by Crippen LogP contribution is -2.36. The van der Waals surface area contributed by atoms with E-state index in [0.29, 0.717) is 28.4 Å². The van der Waals surface area contributed by atoms with Gasteiger partial charge in [-0.3, -0.25) is 4.68 Å². The summed E-state index contributed by atoms with van der Waals surface area (Å²) < 4.78 is 4.31. The van der Waals surface area contributed by atoms with E-state index < -0.39 is 0 Å². The fourth-order valence-electron chi connectivity index (χ4n) is 4.93. The first kappa shape index (κ1) is 26.4. The van der Waals surface area contributed by atoms with Gasteiger partial charge in [-0.1, -0.05) is 66.2 Å². The molecule has 0 aliphatic heterocycles. The van der Waals surface area contributed by atoms with Crippen molar-refractivity contribution in [2.45, 2.75) is 25.4 Å². The van der Waals surface area contributed by atoms with Gasteiger partial charge in [0.15, 0.2) is 6.20 Å². The summed E-state index contributed by atoms with van der Waals surface area (Å²) >= 11 is 6.33. The molecule has 41 heavy (non-hydrogen) atoms. The zero-order valence-corrected chi connectivity index (χ0v) is 23.0. The Morgan fingerprint density at radius 2 is 1.73 bits per heavy atom. The molecule has 0 saturated carbocycles. The molecule has 0 fully saturated rings. The number of benzene rings is 3. The molecule has 3 aromatic carbocycles. The Kier molecular flexibility index (Phi) is 7.28. The van der Waals surface area contributed by atoms with Crippen molar-refractivity contribution in [3.8, 4) is 27.9 Å². The monoisotopic (exact) mass is 562 g/mol. The number of nitrogens with two attached hydrogens (primary N) is 1. The van der Waals surface area contributed by atoms with E-state index >= 15 is 0 Å². The van der Waals surface area contributed by atoms with Gasteiger partial charge in [-0.25, -0.2) is 0 Å². The fourth-order valence-corrected chi connectivity index (χ4v) is 5.10. The number of nitrogens with zero attached hydrogens (tertiary/aromatic N) is 7. The highest BCUT2D eigenvalue weighted by atomic mass is 35.5. The molecule has 2 unspecified atom stereocenters. The van der Waals surface area contributed by atoms with Crippen LogP contribution in [0.4, 0.5) is 0 Å². The maximum atomic E-state index is 13.7. The lowest BCUT2D eigenvalue weighted by Gasteiger charge is -2.18. The predicted molar refractivity (Wildman–Crippen MR) is 157 cm³/mol. The van der Waals surface area contributed by atoms with Gasteiger partial charge >= 0.3 is 0 Å². The van der Waals surface area contributed by atoms with Crippen LogP contribution in [-0.2, 0) is 6.42 Å². The third-order valence-electron chi connectivity index (χ3n) is 7.11. The molecule has 0 spiro atoms. The van der Waals surface area contributed by atoms with Gasteiger partial charge in [0.25, 0.3) is 0 Å². The summed E-state index contributed by atoms with van der Waals surface area (Å²) in [4.78, 5) is 0. The second kappa shape index (κ2) is 11.3. The number of pyridine rings is 1. The molecule has 0 aliphatic rings. The highest BCUT2D eigenvalue weighted by Gasteiger charge is 2.25.